The Morgan fingerprint density at radius 3 is 3.19 bits per heavy atom. The van der Waals surface area contributed by atoms with Gasteiger partial charge in [0.1, 0.15) is 0 Å². The molecule has 2 aliphatic rings. The Kier molecular flexibility index (Phi) is 2.52. The Morgan fingerprint density at radius 2 is 2.44 bits per heavy atom. The minimum absolute atomic E-state index is 0.411. The van der Waals surface area contributed by atoms with E-state index >= 15 is 0 Å². The predicted molar refractivity (Wildman–Crippen MR) is 64.9 cm³/mol. The monoisotopic (exact) mass is 214 g/mol. The first kappa shape index (κ1) is 10.0. The van der Waals surface area contributed by atoms with E-state index in [1.54, 1.807) is 0 Å². The van der Waals surface area contributed by atoms with Gasteiger partial charge in [-0.15, -0.1) is 0 Å². The maximum Gasteiger partial charge on any atom is 0.0315 e. The molecular weight excluding hydrogens is 196 g/mol. The molecule has 1 saturated carbocycles. The van der Waals surface area contributed by atoms with Crippen molar-refractivity contribution >= 4 is 0 Å². The van der Waals surface area contributed by atoms with E-state index in [1.165, 1.54) is 18.4 Å². The lowest BCUT2D eigenvalue weighted by Gasteiger charge is -2.42. The average Bonchev–Trinajstić information content (AvgIpc) is 2.68. The average molecular weight is 214 g/mol. The van der Waals surface area contributed by atoms with Crippen molar-refractivity contribution in [3.8, 4) is 0 Å². The fourth-order valence-electron chi connectivity index (χ4n) is 2.96. The largest absolute Gasteiger partial charge is 0.307 e. The van der Waals surface area contributed by atoms with Gasteiger partial charge in [0, 0.05) is 24.5 Å². The molecule has 3 unspecified atom stereocenters. The zero-order valence-electron chi connectivity index (χ0n) is 9.63. The van der Waals surface area contributed by atoms with Crippen LogP contribution in [0.3, 0.4) is 0 Å². The summed E-state index contributed by atoms with van der Waals surface area (Å²) in [5, 5.41) is 3.71. The quantitative estimate of drug-likeness (QED) is 0.782. The summed E-state index contributed by atoms with van der Waals surface area (Å²) in [5.41, 5.74) is 1.29. The second kappa shape index (κ2) is 4.02. The van der Waals surface area contributed by atoms with E-state index in [4.69, 9.17) is 0 Å². The van der Waals surface area contributed by atoms with E-state index in [9.17, 15) is 0 Å². The predicted octanol–water partition coefficient (Wildman–Crippen LogP) is 2.70. The fraction of sp³-hybridized carbons (Fsp3) is 0.500. The molecule has 16 heavy (non-hydrogen) atoms. The number of hydrogen-bond acceptors (Lipinski definition) is 2. The molecule has 2 nitrogen and oxygen atoms in total. The van der Waals surface area contributed by atoms with Gasteiger partial charge in [0.15, 0.2) is 0 Å². The third kappa shape index (κ3) is 1.67. The van der Waals surface area contributed by atoms with Crippen LogP contribution in [0.1, 0.15) is 31.4 Å². The lowest BCUT2D eigenvalue weighted by molar-refractivity contribution is 0.152. The van der Waals surface area contributed by atoms with E-state index in [0.717, 1.165) is 11.8 Å². The molecule has 0 bridgehead atoms. The van der Waals surface area contributed by atoms with Crippen LogP contribution in [0.5, 0.6) is 0 Å². The summed E-state index contributed by atoms with van der Waals surface area (Å²) < 4.78 is 0. The third-order valence-corrected chi connectivity index (χ3v) is 4.01. The fourth-order valence-corrected chi connectivity index (χ4v) is 2.96. The second-order valence-corrected chi connectivity index (χ2v) is 5.02. The van der Waals surface area contributed by atoms with Crippen molar-refractivity contribution < 1.29 is 0 Å². The minimum atomic E-state index is 0.411. The Balaban J connectivity index is 1.61. The van der Waals surface area contributed by atoms with Crippen molar-refractivity contribution in [2.24, 2.45) is 11.8 Å². The molecule has 0 aromatic carbocycles. The maximum atomic E-state index is 4.17. The molecular formula is C14H18N2. The van der Waals surface area contributed by atoms with Crippen molar-refractivity contribution in [1.29, 1.82) is 0 Å². The standard InChI is InChI=1S/C14H18N2/c1-10(12-5-3-7-15-9-12)16-14-8-11-4-2-6-13(11)14/h2-3,5-7,9-11,13-14,16H,4,8H2,1H3/t10-,11?,13?,14?/m1/s1. The van der Waals surface area contributed by atoms with Crippen LogP contribution in [0.2, 0.25) is 0 Å². The molecule has 1 heterocycles. The Morgan fingerprint density at radius 1 is 1.50 bits per heavy atom. The number of rotatable bonds is 3. The van der Waals surface area contributed by atoms with Crippen LogP contribution in [0.4, 0.5) is 0 Å². The first-order chi connectivity index (χ1) is 7.84. The van der Waals surface area contributed by atoms with Crippen LogP contribution in [0, 0.1) is 11.8 Å². The van der Waals surface area contributed by atoms with Crippen molar-refractivity contribution in [1.82, 2.24) is 10.3 Å². The maximum absolute atomic E-state index is 4.17. The van der Waals surface area contributed by atoms with Gasteiger partial charge >= 0.3 is 0 Å². The Labute approximate surface area is 96.8 Å². The van der Waals surface area contributed by atoms with Gasteiger partial charge < -0.3 is 5.32 Å². The molecule has 0 radical (unpaired) electrons. The smallest absolute Gasteiger partial charge is 0.0315 e. The van der Waals surface area contributed by atoms with Gasteiger partial charge in [0.25, 0.3) is 0 Å². The van der Waals surface area contributed by atoms with Gasteiger partial charge in [-0.1, -0.05) is 18.2 Å². The summed E-state index contributed by atoms with van der Waals surface area (Å²) in [4.78, 5) is 4.17. The SMILES string of the molecule is C[C@@H](NC1CC2CC=CC21)c1cccnc1. The van der Waals surface area contributed by atoms with Crippen molar-refractivity contribution in [3.05, 3.63) is 42.2 Å². The van der Waals surface area contributed by atoms with Gasteiger partial charge in [-0.3, -0.25) is 4.98 Å². The molecule has 4 atom stereocenters. The molecule has 1 fully saturated rings. The Hall–Kier alpha value is -1.15. The van der Waals surface area contributed by atoms with Crippen molar-refractivity contribution in [2.75, 3.05) is 0 Å². The molecule has 0 saturated heterocycles. The van der Waals surface area contributed by atoms with Crippen LogP contribution in [-0.2, 0) is 0 Å². The van der Waals surface area contributed by atoms with Gasteiger partial charge in [-0.25, -0.2) is 0 Å². The van der Waals surface area contributed by atoms with Crippen LogP contribution < -0.4 is 5.32 Å². The number of nitrogens with one attached hydrogen (secondary N) is 1. The molecule has 84 valence electrons. The summed E-state index contributed by atoms with van der Waals surface area (Å²) in [5.74, 6) is 1.72. The van der Waals surface area contributed by atoms with Gasteiger partial charge in [0.05, 0.1) is 0 Å². The summed E-state index contributed by atoms with van der Waals surface area (Å²) >= 11 is 0. The zero-order chi connectivity index (χ0) is 11.0. The number of allylic oxidation sites excluding steroid dienone is 1. The first-order valence-corrected chi connectivity index (χ1v) is 6.17. The number of pyridine rings is 1. The highest BCUT2D eigenvalue weighted by atomic mass is 15.0. The van der Waals surface area contributed by atoms with E-state index in [-0.39, 0.29) is 0 Å². The second-order valence-electron chi connectivity index (χ2n) is 5.02. The number of fused-ring (bicyclic) bond motifs is 1. The topological polar surface area (TPSA) is 24.9 Å². The molecule has 3 rings (SSSR count). The number of hydrogen-bond donors (Lipinski definition) is 1. The summed E-state index contributed by atoms with van der Waals surface area (Å²) in [6.45, 7) is 2.23. The lowest BCUT2D eigenvalue weighted by atomic mass is 9.71. The molecule has 1 N–H and O–H groups in total. The van der Waals surface area contributed by atoms with E-state index in [0.29, 0.717) is 12.1 Å². The Bertz CT molecular complexity index is 385. The highest BCUT2D eigenvalue weighted by molar-refractivity contribution is 5.17. The molecule has 1 aromatic heterocycles. The van der Waals surface area contributed by atoms with E-state index in [1.807, 2.05) is 18.5 Å². The highest BCUT2D eigenvalue weighted by Crippen LogP contribution is 2.43. The third-order valence-electron chi connectivity index (χ3n) is 4.01. The van der Waals surface area contributed by atoms with Crippen LogP contribution in [0.15, 0.2) is 36.7 Å². The van der Waals surface area contributed by atoms with Gasteiger partial charge in [-0.05, 0) is 43.2 Å². The van der Waals surface area contributed by atoms with Crippen LogP contribution in [0.25, 0.3) is 0 Å². The summed E-state index contributed by atoms with van der Waals surface area (Å²) in [7, 11) is 0. The number of nitrogens with zero attached hydrogens (tertiary/aromatic N) is 1. The molecule has 0 aliphatic heterocycles. The van der Waals surface area contributed by atoms with Gasteiger partial charge in [-0.2, -0.15) is 0 Å². The van der Waals surface area contributed by atoms with E-state index < -0.39 is 0 Å². The number of aromatic nitrogens is 1. The molecule has 0 spiro atoms. The van der Waals surface area contributed by atoms with E-state index in [2.05, 4.69) is 35.4 Å². The van der Waals surface area contributed by atoms with Crippen molar-refractivity contribution in [2.45, 2.75) is 31.8 Å². The molecule has 2 heteroatoms. The molecule has 1 aromatic rings. The lowest BCUT2D eigenvalue weighted by Crippen LogP contribution is -2.48. The van der Waals surface area contributed by atoms with Gasteiger partial charge in [0.2, 0.25) is 0 Å². The van der Waals surface area contributed by atoms with Crippen LogP contribution in [-0.4, -0.2) is 11.0 Å². The molecule has 2 aliphatic carbocycles. The summed E-state index contributed by atoms with van der Waals surface area (Å²) in [6, 6.07) is 5.24. The zero-order valence-corrected chi connectivity index (χ0v) is 9.63. The molecule has 0 amide bonds. The first-order valence-electron chi connectivity index (χ1n) is 6.17. The summed E-state index contributed by atoms with van der Waals surface area (Å²) in [6.07, 6.45) is 11.1. The van der Waals surface area contributed by atoms with Crippen LogP contribution >= 0.6 is 0 Å². The minimum Gasteiger partial charge on any atom is -0.307 e. The normalized spacial score (nSPS) is 33.2. The van der Waals surface area contributed by atoms with Crippen molar-refractivity contribution in [3.63, 3.8) is 0 Å². The highest BCUT2D eigenvalue weighted by Gasteiger charge is 2.41.